The lowest BCUT2D eigenvalue weighted by Gasteiger charge is -2.42. The Bertz CT molecular complexity index is 1430. The van der Waals surface area contributed by atoms with Gasteiger partial charge in [0.15, 0.2) is 23.7 Å². The molecule has 2 aromatic heterocycles. The summed E-state index contributed by atoms with van der Waals surface area (Å²) in [5.41, 5.74) is 0.748. The van der Waals surface area contributed by atoms with Gasteiger partial charge in [0, 0.05) is 11.1 Å². The van der Waals surface area contributed by atoms with E-state index in [0.29, 0.717) is 16.3 Å². The Morgan fingerprint density at radius 3 is 2.35 bits per heavy atom. The van der Waals surface area contributed by atoms with E-state index in [2.05, 4.69) is 20.6 Å². The second kappa shape index (κ2) is 10.0. The molecule has 0 amide bonds. The van der Waals surface area contributed by atoms with Crippen LogP contribution in [0.25, 0.3) is 22.5 Å². The van der Waals surface area contributed by atoms with E-state index in [1.165, 1.54) is 17.1 Å². The van der Waals surface area contributed by atoms with Crippen molar-refractivity contribution in [1.29, 1.82) is 0 Å². The molecule has 0 unspecified atom stereocenters. The first kappa shape index (κ1) is 25.6. The van der Waals surface area contributed by atoms with E-state index in [4.69, 9.17) is 27.9 Å². The van der Waals surface area contributed by atoms with Gasteiger partial charge in [-0.05, 0) is 24.3 Å². The number of ether oxygens (including phenoxy) is 1. The molecule has 37 heavy (non-hydrogen) atoms. The molecule has 2 aromatic carbocycles. The molecule has 3 N–H and O–H groups in total. The number of aromatic nitrogens is 6. The van der Waals surface area contributed by atoms with Gasteiger partial charge in [0.05, 0.1) is 34.7 Å². The maximum absolute atomic E-state index is 13.7. The van der Waals surface area contributed by atoms with E-state index in [1.807, 2.05) is 0 Å². The molecule has 0 aliphatic carbocycles. The number of aliphatic hydroxyl groups excluding tert-OH is 3. The number of rotatable bonds is 5. The van der Waals surface area contributed by atoms with Crippen LogP contribution in [0.15, 0.2) is 42.7 Å². The molecule has 1 aliphatic heterocycles. The zero-order valence-electron chi connectivity index (χ0n) is 18.5. The van der Waals surface area contributed by atoms with Crippen molar-refractivity contribution in [3.05, 3.63) is 70.2 Å². The van der Waals surface area contributed by atoms with Crippen LogP contribution in [0.5, 0.6) is 0 Å². The molecule has 1 fully saturated rings. The van der Waals surface area contributed by atoms with Crippen LogP contribution in [-0.2, 0) is 4.74 Å². The highest BCUT2D eigenvalue weighted by molar-refractivity contribution is 6.42. The normalized spacial score (nSPS) is 23.9. The molecule has 1 aliphatic rings. The summed E-state index contributed by atoms with van der Waals surface area (Å²) in [5.74, 6) is -4.47. The SMILES string of the molecule is OC[C@H]1O[C@@H](n2nncc2-c2ccc(Cl)c(Cl)c2)[C@H](O)[C@@H](n2cc(-c3cc(F)c(F)c(F)c3)nn2)[C@H]1O. The minimum atomic E-state index is -1.63. The van der Waals surface area contributed by atoms with Gasteiger partial charge in [-0.25, -0.2) is 22.5 Å². The quantitative estimate of drug-likeness (QED) is 0.320. The largest absolute Gasteiger partial charge is 0.394 e. The first-order valence-electron chi connectivity index (χ1n) is 10.7. The maximum atomic E-state index is 13.7. The second-order valence-electron chi connectivity index (χ2n) is 8.25. The number of hydrogen-bond donors (Lipinski definition) is 3. The third-order valence-electron chi connectivity index (χ3n) is 5.99. The van der Waals surface area contributed by atoms with E-state index in [-0.39, 0.29) is 16.3 Å². The van der Waals surface area contributed by atoms with Crippen molar-refractivity contribution >= 4 is 23.2 Å². The highest BCUT2D eigenvalue weighted by Gasteiger charge is 2.47. The van der Waals surface area contributed by atoms with Crippen molar-refractivity contribution < 1.29 is 33.2 Å². The van der Waals surface area contributed by atoms with Gasteiger partial charge < -0.3 is 20.1 Å². The molecular weight excluding hydrogens is 540 g/mol. The minimum Gasteiger partial charge on any atom is -0.394 e. The summed E-state index contributed by atoms with van der Waals surface area (Å²) in [6.45, 7) is -0.631. The average molecular weight is 557 g/mol. The Kier molecular flexibility index (Phi) is 6.91. The van der Waals surface area contributed by atoms with Crippen LogP contribution >= 0.6 is 23.2 Å². The molecule has 0 saturated carbocycles. The van der Waals surface area contributed by atoms with E-state index >= 15 is 0 Å². The summed E-state index contributed by atoms with van der Waals surface area (Å²) in [6, 6.07) is 5.01. The average Bonchev–Trinajstić information content (AvgIpc) is 3.55. The van der Waals surface area contributed by atoms with Crippen LogP contribution < -0.4 is 0 Å². The van der Waals surface area contributed by atoms with Gasteiger partial charge in [0.1, 0.15) is 30.0 Å². The summed E-state index contributed by atoms with van der Waals surface area (Å²) in [5, 5.41) is 48.1. The van der Waals surface area contributed by atoms with Crippen LogP contribution in [0.1, 0.15) is 12.3 Å². The maximum Gasteiger partial charge on any atom is 0.194 e. The van der Waals surface area contributed by atoms with Crippen molar-refractivity contribution in [2.45, 2.75) is 30.6 Å². The molecule has 1 saturated heterocycles. The highest BCUT2D eigenvalue weighted by Crippen LogP contribution is 2.38. The van der Waals surface area contributed by atoms with Gasteiger partial charge >= 0.3 is 0 Å². The van der Waals surface area contributed by atoms with Crippen molar-refractivity contribution in [2.24, 2.45) is 0 Å². The smallest absolute Gasteiger partial charge is 0.194 e. The van der Waals surface area contributed by atoms with Crippen LogP contribution in [-0.4, -0.2) is 70.2 Å². The van der Waals surface area contributed by atoms with Crippen LogP contribution in [0.3, 0.4) is 0 Å². The van der Waals surface area contributed by atoms with E-state index in [0.717, 1.165) is 16.8 Å². The van der Waals surface area contributed by atoms with Gasteiger partial charge in [-0.2, -0.15) is 0 Å². The molecule has 4 aromatic rings. The Hall–Kier alpha value is -3.07. The van der Waals surface area contributed by atoms with Crippen LogP contribution in [0.4, 0.5) is 13.2 Å². The Balaban J connectivity index is 1.52. The summed E-state index contributed by atoms with van der Waals surface area (Å²) in [4.78, 5) is 0. The summed E-state index contributed by atoms with van der Waals surface area (Å²) >= 11 is 12.1. The Morgan fingerprint density at radius 2 is 1.68 bits per heavy atom. The number of aliphatic hydroxyl groups is 3. The topological polar surface area (TPSA) is 131 Å². The first-order chi connectivity index (χ1) is 17.7. The predicted octanol–water partition coefficient (Wildman–Crippen LogP) is 2.78. The molecule has 15 heteroatoms. The van der Waals surface area contributed by atoms with Gasteiger partial charge in [0.25, 0.3) is 0 Å². The third-order valence-corrected chi connectivity index (χ3v) is 6.73. The molecular formula is C22H17Cl2F3N6O4. The molecule has 5 rings (SSSR count). The molecule has 3 heterocycles. The molecule has 0 radical (unpaired) electrons. The zero-order chi connectivity index (χ0) is 26.4. The molecule has 194 valence electrons. The van der Waals surface area contributed by atoms with Crippen molar-refractivity contribution in [2.75, 3.05) is 6.61 Å². The summed E-state index contributed by atoms with van der Waals surface area (Å²) in [7, 11) is 0. The van der Waals surface area contributed by atoms with E-state index in [9.17, 15) is 28.5 Å². The number of nitrogens with zero attached hydrogens (tertiary/aromatic N) is 6. The third kappa shape index (κ3) is 4.58. The van der Waals surface area contributed by atoms with E-state index in [1.54, 1.807) is 18.2 Å². The van der Waals surface area contributed by atoms with Crippen molar-refractivity contribution in [3.8, 4) is 22.5 Å². The molecule has 0 bridgehead atoms. The second-order valence-corrected chi connectivity index (χ2v) is 9.06. The van der Waals surface area contributed by atoms with E-state index < -0.39 is 54.6 Å². The van der Waals surface area contributed by atoms with Gasteiger partial charge in [-0.3, -0.25) is 0 Å². The number of benzene rings is 2. The van der Waals surface area contributed by atoms with Crippen molar-refractivity contribution in [3.63, 3.8) is 0 Å². The summed E-state index contributed by atoms with van der Waals surface area (Å²) < 4.78 is 48.9. The fourth-order valence-corrected chi connectivity index (χ4v) is 4.45. The first-order valence-corrected chi connectivity index (χ1v) is 11.5. The van der Waals surface area contributed by atoms with Crippen LogP contribution in [0.2, 0.25) is 10.0 Å². The summed E-state index contributed by atoms with van der Waals surface area (Å²) in [6.07, 6.45) is -2.87. The number of halogens is 5. The lowest BCUT2D eigenvalue weighted by Crippen LogP contribution is -2.54. The fraction of sp³-hybridized carbons (Fsp3) is 0.273. The lowest BCUT2D eigenvalue weighted by molar-refractivity contribution is -0.233. The van der Waals surface area contributed by atoms with Gasteiger partial charge in [0.2, 0.25) is 0 Å². The standard InChI is InChI=1S/C22H17Cl2F3N6O4/c23-11-2-1-9(3-12(11)24)16-6-28-30-33(16)22-21(36)19(20(35)17(8-34)37-22)32-7-15(29-31-32)10-4-13(25)18(27)14(26)5-10/h1-7,17,19-22,34-36H,8H2/t17-,19+,20+,21-,22-/m1/s1. The predicted molar refractivity (Wildman–Crippen MR) is 123 cm³/mol. The molecule has 5 atom stereocenters. The lowest BCUT2D eigenvalue weighted by atomic mass is 9.95. The molecule has 10 nitrogen and oxygen atoms in total. The van der Waals surface area contributed by atoms with Crippen molar-refractivity contribution in [1.82, 2.24) is 30.0 Å². The fourth-order valence-electron chi connectivity index (χ4n) is 4.15. The monoisotopic (exact) mass is 556 g/mol. The van der Waals surface area contributed by atoms with Crippen LogP contribution in [0, 0.1) is 17.5 Å². The van der Waals surface area contributed by atoms with Gasteiger partial charge in [-0.15, -0.1) is 10.2 Å². The highest BCUT2D eigenvalue weighted by atomic mass is 35.5. The zero-order valence-corrected chi connectivity index (χ0v) is 20.0. The minimum absolute atomic E-state index is 0.0574. The number of hydrogen-bond acceptors (Lipinski definition) is 8. The van der Waals surface area contributed by atoms with Gasteiger partial charge in [-0.1, -0.05) is 39.7 Å². The molecule has 0 spiro atoms. The Morgan fingerprint density at radius 1 is 0.946 bits per heavy atom. The Labute approximate surface area is 216 Å².